The summed E-state index contributed by atoms with van der Waals surface area (Å²) >= 11 is 6.71. The van der Waals surface area contributed by atoms with Gasteiger partial charge in [-0.1, -0.05) is 44.0 Å². The summed E-state index contributed by atoms with van der Waals surface area (Å²) in [6, 6.07) is 5.56. The highest BCUT2D eigenvalue weighted by molar-refractivity contribution is 9.10. The summed E-state index contributed by atoms with van der Waals surface area (Å²) in [5, 5.41) is 9.30. The van der Waals surface area contributed by atoms with Gasteiger partial charge < -0.3 is 5.11 Å². The van der Waals surface area contributed by atoms with E-state index in [1.807, 2.05) is 18.2 Å². The normalized spacial score (nSPS) is 10.0. The maximum Gasteiger partial charge on any atom is 0.307 e. The molecule has 0 aliphatic carbocycles. The lowest BCUT2D eigenvalue weighted by molar-refractivity contribution is -0.136. The molecule has 0 aliphatic rings. The number of carbonyl (C=O) groups is 1. The van der Waals surface area contributed by atoms with E-state index in [1.165, 1.54) is 0 Å². The fourth-order valence-electron chi connectivity index (χ4n) is 1.02. The Hall–Kier alpha value is -0.350. The van der Waals surface area contributed by atoms with Crippen molar-refractivity contribution in [3.05, 3.63) is 33.8 Å². The number of carboxylic acids is 1. The third-order valence-electron chi connectivity index (χ3n) is 1.61. The molecular formula is C9H8Br2O2. The van der Waals surface area contributed by atoms with Gasteiger partial charge in [-0.25, -0.2) is 0 Å². The van der Waals surface area contributed by atoms with E-state index in [1.54, 1.807) is 0 Å². The van der Waals surface area contributed by atoms with Crippen LogP contribution in [0.5, 0.6) is 0 Å². The Morgan fingerprint density at radius 2 is 2.15 bits per heavy atom. The van der Waals surface area contributed by atoms with Crippen LogP contribution in [-0.2, 0) is 16.5 Å². The summed E-state index contributed by atoms with van der Waals surface area (Å²) in [5.74, 6) is -0.803. The van der Waals surface area contributed by atoms with E-state index in [-0.39, 0.29) is 6.42 Å². The van der Waals surface area contributed by atoms with Crippen molar-refractivity contribution in [3.63, 3.8) is 0 Å². The first-order valence-corrected chi connectivity index (χ1v) is 5.60. The van der Waals surface area contributed by atoms with Gasteiger partial charge in [0.2, 0.25) is 0 Å². The van der Waals surface area contributed by atoms with Gasteiger partial charge in [0, 0.05) is 9.80 Å². The average molecular weight is 308 g/mol. The highest BCUT2D eigenvalue weighted by Gasteiger charge is 2.03. The van der Waals surface area contributed by atoms with Gasteiger partial charge in [-0.15, -0.1) is 0 Å². The molecule has 1 aromatic rings. The van der Waals surface area contributed by atoms with Crippen LogP contribution in [0.15, 0.2) is 22.7 Å². The van der Waals surface area contributed by atoms with E-state index in [0.29, 0.717) is 0 Å². The summed E-state index contributed by atoms with van der Waals surface area (Å²) in [6.45, 7) is 0. The second kappa shape index (κ2) is 4.77. The van der Waals surface area contributed by atoms with Crippen molar-refractivity contribution in [2.24, 2.45) is 0 Å². The van der Waals surface area contributed by atoms with E-state index >= 15 is 0 Å². The first-order chi connectivity index (χ1) is 6.13. The van der Waals surface area contributed by atoms with E-state index < -0.39 is 5.97 Å². The minimum absolute atomic E-state index is 0.0767. The van der Waals surface area contributed by atoms with Crippen molar-refractivity contribution in [2.45, 2.75) is 11.8 Å². The molecule has 0 amide bonds. The maximum absolute atomic E-state index is 10.4. The van der Waals surface area contributed by atoms with E-state index in [4.69, 9.17) is 5.11 Å². The van der Waals surface area contributed by atoms with Crippen molar-refractivity contribution in [2.75, 3.05) is 0 Å². The molecule has 4 heteroatoms. The zero-order valence-corrected chi connectivity index (χ0v) is 9.93. The Kier molecular flexibility index (Phi) is 3.93. The van der Waals surface area contributed by atoms with Crippen molar-refractivity contribution in [1.29, 1.82) is 0 Å². The Morgan fingerprint density at radius 1 is 1.46 bits per heavy atom. The third kappa shape index (κ3) is 3.12. The van der Waals surface area contributed by atoms with Crippen LogP contribution in [0.4, 0.5) is 0 Å². The first kappa shape index (κ1) is 10.7. The molecular weight excluding hydrogens is 300 g/mol. The lowest BCUT2D eigenvalue weighted by atomic mass is 10.1. The molecule has 0 spiro atoms. The molecule has 0 heterocycles. The zero-order valence-electron chi connectivity index (χ0n) is 6.76. The van der Waals surface area contributed by atoms with Crippen LogP contribution >= 0.6 is 31.9 Å². The largest absolute Gasteiger partial charge is 0.481 e. The van der Waals surface area contributed by atoms with Crippen LogP contribution in [0.1, 0.15) is 11.1 Å². The molecule has 0 radical (unpaired) electrons. The molecule has 0 aliphatic heterocycles. The van der Waals surface area contributed by atoms with Crippen LogP contribution in [-0.4, -0.2) is 11.1 Å². The van der Waals surface area contributed by atoms with E-state index in [0.717, 1.165) is 20.9 Å². The topological polar surface area (TPSA) is 37.3 Å². The molecule has 0 fully saturated rings. The van der Waals surface area contributed by atoms with Crippen LogP contribution in [0.2, 0.25) is 0 Å². The standard InChI is InChI=1S/C9H8Br2O2/c10-5-7-3-6(4-9(12)13)1-2-8(7)11/h1-3H,4-5H2,(H,12,13). The van der Waals surface area contributed by atoms with Gasteiger partial charge >= 0.3 is 5.97 Å². The summed E-state index contributed by atoms with van der Waals surface area (Å²) in [5.41, 5.74) is 1.89. The number of rotatable bonds is 3. The SMILES string of the molecule is O=C(O)Cc1ccc(Br)c(CBr)c1. The summed E-state index contributed by atoms with van der Waals surface area (Å²) in [7, 11) is 0. The Bertz CT molecular complexity index is 323. The van der Waals surface area contributed by atoms with Gasteiger partial charge in [-0.2, -0.15) is 0 Å². The van der Waals surface area contributed by atoms with Crippen molar-refractivity contribution in [1.82, 2.24) is 0 Å². The second-order valence-corrected chi connectivity index (χ2v) is 4.04. The maximum atomic E-state index is 10.4. The van der Waals surface area contributed by atoms with E-state index in [2.05, 4.69) is 31.9 Å². The van der Waals surface area contributed by atoms with Gasteiger partial charge in [-0.3, -0.25) is 4.79 Å². The number of benzene rings is 1. The van der Waals surface area contributed by atoms with Gasteiger partial charge in [0.1, 0.15) is 0 Å². The zero-order chi connectivity index (χ0) is 9.84. The van der Waals surface area contributed by atoms with Crippen molar-refractivity contribution < 1.29 is 9.90 Å². The first-order valence-electron chi connectivity index (χ1n) is 3.68. The van der Waals surface area contributed by atoms with Gasteiger partial charge in [0.05, 0.1) is 6.42 Å². The Labute approximate surface area is 93.2 Å². The summed E-state index contributed by atoms with van der Waals surface area (Å²) in [4.78, 5) is 10.4. The second-order valence-electron chi connectivity index (χ2n) is 2.63. The fourth-order valence-corrected chi connectivity index (χ4v) is 2.24. The van der Waals surface area contributed by atoms with Crippen molar-refractivity contribution in [3.8, 4) is 0 Å². The van der Waals surface area contributed by atoms with Crippen molar-refractivity contribution >= 4 is 37.8 Å². The lowest BCUT2D eigenvalue weighted by Crippen LogP contribution is -2.00. The third-order valence-corrected chi connectivity index (χ3v) is 2.99. The molecule has 70 valence electrons. The Morgan fingerprint density at radius 3 is 2.69 bits per heavy atom. The number of hydrogen-bond donors (Lipinski definition) is 1. The molecule has 0 saturated heterocycles. The molecule has 0 atom stereocenters. The lowest BCUT2D eigenvalue weighted by Gasteiger charge is -2.02. The quantitative estimate of drug-likeness (QED) is 0.872. The summed E-state index contributed by atoms with van der Waals surface area (Å²) in [6.07, 6.45) is 0.0767. The molecule has 0 saturated carbocycles. The predicted molar refractivity (Wildman–Crippen MR) is 58.1 cm³/mol. The van der Waals surface area contributed by atoms with Crippen LogP contribution in [0, 0.1) is 0 Å². The number of aliphatic carboxylic acids is 1. The molecule has 1 N–H and O–H groups in total. The number of alkyl halides is 1. The molecule has 0 bridgehead atoms. The summed E-state index contributed by atoms with van der Waals surface area (Å²) < 4.78 is 0.999. The fraction of sp³-hybridized carbons (Fsp3) is 0.222. The number of halogens is 2. The molecule has 1 aromatic carbocycles. The minimum atomic E-state index is -0.803. The number of carboxylic acid groups (broad SMARTS) is 1. The average Bonchev–Trinajstić information content (AvgIpc) is 2.07. The number of hydrogen-bond acceptors (Lipinski definition) is 1. The smallest absolute Gasteiger partial charge is 0.307 e. The van der Waals surface area contributed by atoms with Crippen LogP contribution in [0.25, 0.3) is 0 Å². The minimum Gasteiger partial charge on any atom is -0.481 e. The molecule has 0 aromatic heterocycles. The van der Waals surface area contributed by atoms with Crippen LogP contribution in [0.3, 0.4) is 0 Å². The highest BCUT2D eigenvalue weighted by atomic mass is 79.9. The predicted octanol–water partition coefficient (Wildman–Crippen LogP) is 2.97. The Balaban J connectivity index is 2.92. The highest BCUT2D eigenvalue weighted by Crippen LogP contribution is 2.20. The molecule has 2 nitrogen and oxygen atoms in total. The van der Waals surface area contributed by atoms with E-state index in [9.17, 15) is 4.79 Å². The van der Waals surface area contributed by atoms with Gasteiger partial charge in [0.15, 0.2) is 0 Å². The van der Waals surface area contributed by atoms with Crippen LogP contribution < -0.4 is 0 Å². The molecule has 1 rings (SSSR count). The molecule has 0 unspecified atom stereocenters. The van der Waals surface area contributed by atoms with Gasteiger partial charge in [-0.05, 0) is 17.2 Å². The monoisotopic (exact) mass is 306 g/mol. The molecule has 13 heavy (non-hydrogen) atoms. The van der Waals surface area contributed by atoms with Gasteiger partial charge in [0.25, 0.3) is 0 Å².